The maximum Gasteiger partial charge on any atom is 0.00904 e. The van der Waals surface area contributed by atoms with Gasteiger partial charge < -0.3 is 5.73 Å². The number of rotatable bonds is 4. The normalized spacial score (nSPS) is 29.8. The van der Waals surface area contributed by atoms with Crippen molar-refractivity contribution in [1.82, 2.24) is 0 Å². The predicted molar refractivity (Wildman–Crippen MR) is 67.7 cm³/mol. The minimum Gasteiger partial charge on any atom is -0.327 e. The molecule has 1 nitrogen and oxygen atoms in total. The van der Waals surface area contributed by atoms with E-state index in [1.54, 1.807) is 0 Å². The number of hydrogen-bond acceptors (Lipinski definition) is 1. The summed E-state index contributed by atoms with van der Waals surface area (Å²) in [5, 5.41) is 0. The van der Waals surface area contributed by atoms with Crippen molar-refractivity contribution in [1.29, 1.82) is 0 Å². The summed E-state index contributed by atoms with van der Waals surface area (Å²) in [4.78, 5) is 0. The Balaban J connectivity index is 2.41. The van der Waals surface area contributed by atoms with Crippen molar-refractivity contribution in [3.63, 3.8) is 0 Å². The summed E-state index contributed by atoms with van der Waals surface area (Å²) in [6.45, 7) is 9.20. The van der Waals surface area contributed by atoms with Crippen LogP contribution >= 0.6 is 0 Å². The van der Waals surface area contributed by atoms with Crippen LogP contribution in [0.3, 0.4) is 0 Å². The SMILES string of the molecule is CC(C)CC1CCCC(C(N)C(C)C)C1. The molecule has 0 radical (unpaired) electrons. The van der Waals surface area contributed by atoms with Gasteiger partial charge in [0.25, 0.3) is 0 Å². The highest BCUT2D eigenvalue weighted by Gasteiger charge is 2.27. The van der Waals surface area contributed by atoms with Gasteiger partial charge in [-0.2, -0.15) is 0 Å². The summed E-state index contributed by atoms with van der Waals surface area (Å²) >= 11 is 0. The molecule has 0 aliphatic heterocycles. The molecule has 1 saturated carbocycles. The molecule has 1 aliphatic carbocycles. The van der Waals surface area contributed by atoms with Gasteiger partial charge in [-0.15, -0.1) is 0 Å². The van der Waals surface area contributed by atoms with Gasteiger partial charge in [-0.1, -0.05) is 40.5 Å². The van der Waals surface area contributed by atoms with E-state index in [4.69, 9.17) is 5.73 Å². The topological polar surface area (TPSA) is 26.0 Å². The maximum atomic E-state index is 6.28. The second-order valence-corrected chi connectivity index (χ2v) is 6.24. The van der Waals surface area contributed by atoms with Crippen molar-refractivity contribution >= 4 is 0 Å². The number of nitrogens with two attached hydrogens (primary N) is 1. The first-order chi connectivity index (χ1) is 7.00. The quantitative estimate of drug-likeness (QED) is 0.751. The van der Waals surface area contributed by atoms with Crippen LogP contribution in [0.4, 0.5) is 0 Å². The molecule has 0 amide bonds. The molecule has 90 valence electrons. The highest BCUT2D eigenvalue weighted by atomic mass is 14.7. The van der Waals surface area contributed by atoms with Gasteiger partial charge in [0, 0.05) is 6.04 Å². The first-order valence-corrected chi connectivity index (χ1v) is 6.76. The Hall–Kier alpha value is -0.0400. The van der Waals surface area contributed by atoms with Gasteiger partial charge in [-0.05, 0) is 42.9 Å². The highest BCUT2D eigenvalue weighted by molar-refractivity contribution is 4.82. The Morgan fingerprint density at radius 3 is 2.33 bits per heavy atom. The van der Waals surface area contributed by atoms with Crippen LogP contribution in [-0.4, -0.2) is 6.04 Å². The second-order valence-electron chi connectivity index (χ2n) is 6.24. The average molecular weight is 211 g/mol. The Bertz CT molecular complexity index is 174. The summed E-state index contributed by atoms with van der Waals surface area (Å²) in [7, 11) is 0. The van der Waals surface area contributed by atoms with Crippen LogP contribution in [0.25, 0.3) is 0 Å². The molecule has 3 atom stereocenters. The molecular weight excluding hydrogens is 182 g/mol. The van der Waals surface area contributed by atoms with E-state index in [0.29, 0.717) is 12.0 Å². The molecule has 1 fully saturated rings. The van der Waals surface area contributed by atoms with Crippen molar-refractivity contribution in [3.05, 3.63) is 0 Å². The first-order valence-electron chi connectivity index (χ1n) is 6.76. The third-order valence-corrected chi connectivity index (χ3v) is 3.94. The zero-order valence-corrected chi connectivity index (χ0v) is 11.0. The molecule has 2 N–H and O–H groups in total. The molecule has 0 aromatic heterocycles. The van der Waals surface area contributed by atoms with E-state index < -0.39 is 0 Å². The fourth-order valence-corrected chi connectivity index (χ4v) is 3.11. The molecule has 3 unspecified atom stereocenters. The number of hydrogen-bond donors (Lipinski definition) is 1. The standard InChI is InChI=1S/C14H29N/c1-10(2)8-12-6-5-7-13(9-12)14(15)11(3)4/h10-14H,5-9,15H2,1-4H3. The summed E-state index contributed by atoms with van der Waals surface area (Å²) in [5.74, 6) is 3.24. The first kappa shape index (κ1) is 13.0. The van der Waals surface area contributed by atoms with E-state index in [1.165, 1.54) is 32.1 Å². The molecule has 0 bridgehead atoms. The lowest BCUT2D eigenvalue weighted by Crippen LogP contribution is -2.38. The summed E-state index contributed by atoms with van der Waals surface area (Å²) < 4.78 is 0. The lowest BCUT2D eigenvalue weighted by atomic mass is 9.73. The van der Waals surface area contributed by atoms with E-state index in [0.717, 1.165) is 17.8 Å². The summed E-state index contributed by atoms with van der Waals surface area (Å²) in [6.07, 6.45) is 7.01. The summed E-state index contributed by atoms with van der Waals surface area (Å²) in [5.41, 5.74) is 6.28. The molecule has 0 aromatic carbocycles. The Morgan fingerprint density at radius 1 is 1.13 bits per heavy atom. The van der Waals surface area contributed by atoms with Gasteiger partial charge >= 0.3 is 0 Å². The van der Waals surface area contributed by atoms with E-state index in [-0.39, 0.29) is 0 Å². The van der Waals surface area contributed by atoms with Gasteiger partial charge in [-0.25, -0.2) is 0 Å². The fourth-order valence-electron chi connectivity index (χ4n) is 3.11. The van der Waals surface area contributed by atoms with E-state index in [2.05, 4.69) is 27.7 Å². The van der Waals surface area contributed by atoms with E-state index in [1.807, 2.05) is 0 Å². The minimum atomic E-state index is 0.431. The molecule has 0 aromatic rings. The van der Waals surface area contributed by atoms with Crippen LogP contribution in [0.2, 0.25) is 0 Å². The van der Waals surface area contributed by atoms with Crippen LogP contribution in [-0.2, 0) is 0 Å². The molecule has 0 saturated heterocycles. The molecule has 1 rings (SSSR count). The monoisotopic (exact) mass is 211 g/mol. The van der Waals surface area contributed by atoms with Crippen LogP contribution in [0.1, 0.15) is 59.8 Å². The molecule has 0 spiro atoms. The van der Waals surface area contributed by atoms with Gasteiger partial charge in [0.2, 0.25) is 0 Å². The largest absolute Gasteiger partial charge is 0.327 e. The Morgan fingerprint density at radius 2 is 1.80 bits per heavy atom. The van der Waals surface area contributed by atoms with Gasteiger partial charge in [0.05, 0.1) is 0 Å². The van der Waals surface area contributed by atoms with E-state index >= 15 is 0 Å². The molecular formula is C14H29N. The fraction of sp³-hybridized carbons (Fsp3) is 1.00. The third kappa shape index (κ3) is 4.14. The maximum absolute atomic E-state index is 6.28. The third-order valence-electron chi connectivity index (χ3n) is 3.94. The van der Waals surface area contributed by atoms with Crippen molar-refractivity contribution in [2.24, 2.45) is 29.4 Å². The van der Waals surface area contributed by atoms with Crippen LogP contribution < -0.4 is 5.73 Å². The second kappa shape index (κ2) is 5.89. The van der Waals surface area contributed by atoms with Crippen LogP contribution in [0.15, 0.2) is 0 Å². The summed E-state index contributed by atoms with van der Waals surface area (Å²) in [6, 6.07) is 0.431. The van der Waals surface area contributed by atoms with Gasteiger partial charge in [-0.3, -0.25) is 0 Å². The van der Waals surface area contributed by atoms with Crippen molar-refractivity contribution in [3.8, 4) is 0 Å². The minimum absolute atomic E-state index is 0.431. The van der Waals surface area contributed by atoms with Crippen LogP contribution in [0.5, 0.6) is 0 Å². The van der Waals surface area contributed by atoms with Gasteiger partial charge in [0.15, 0.2) is 0 Å². The zero-order valence-electron chi connectivity index (χ0n) is 11.0. The van der Waals surface area contributed by atoms with Gasteiger partial charge in [0.1, 0.15) is 0 Å². The van der Waals surface area contributed by atoms with Crippen molar-refractivity contribution in [2.75, 3.05) is 0 Å². The van der Waals surface area contributed by atoms with Crippen LogP contribution in [0, 0.1) is 23.7 Å². The lowest BCUT2D eigenvalue weighted by molar-refractivity contribution is 0.189. The molecule has 0 heterocycles. The predicted octanol–water partition coefficient (Wildman–Crippen LogP) is 3.82. The molecule has 1 heteroatoms. The average Bonchev–Trinajstić information content (AvgIpc) is 2.16. The Kier molecular flexibility index (Phi) is 5.11. The van der Waals surface area contributed by atoms with Crippen molar-refractivity contribution in [2.45, 2.75) is 65.8 Å². The highest BCUT2D eigenvalue weighted by Crippen LogP contribution is 2.35. The smallest absolute Gasteiger partial charge is 0.00904 e. The van der Waals surface area contributed by atoms with Crippen molar-refractivity contribution < 1.29 is 0 Å². The Labute approximate surface area is 95.8 Å². The molecule has 15 heavy (non-hydrogen) atoms. The zero-order chi connectivity index (χ0) is 11.4. The lowest BCUT2D eigenvalue weighted by Gasteiger charge is -2.35. The van der Waals surface area contributed by atoms with E-state index in [9.17, 15) is 0 Å². The molecule has 1 aliphatic rings.